The third-order valence-electron chi connectivity index (χ3n) is 4.24. The Morgan fingerprint density at radius 2 is 0.711 bits per heavy atom. The van der Waals surface area contributed by atoms with Gasteiger partial charge in [-0.05, 0) is 48.5 Å². The molecule has 0 spiro atoms. The summed E-state index contributed by atoms with van der Waals surface area (Å²) in [4.78, 5) is 12.7. The maximum atomic E-state index is 13.8. The van der Waals surface area contributed by atoms with Crippen LogP contribution in [0.25, 0.3) is 0 Å². The van der Waals surface area contributed by atoms with Crippen LogP contribution in [0.3, 0.4) is 0 Å². The van der Waals surface area contributed by atoms with Gasteiger partial charge in [0.2, 0.25) is 0 Å². The summed E-state index contributed by atoms with van der Waals surface area (Å²) in [5.74, 6) is -0.217. The van der Waals surface area contributed by atoms with Crippen LogP contribution < -0.4 is 23.0 Å². The Bertz CT molecular complexity index is 1380. The van der Waals surface area contributed by atoms with E-state index in [1.165, 1.54) is 72.8 Å². The normalized spacial score (nSPS) is 14.1. The molecular formula is C24H20O10P3Pd-. The summed E-state index contributed by atoms with van der Waals surface area (Å²) in [6, 6.07) is 30.2. The number of hydrogen-bond donors (Lipinski definition) is 0. The number of para-hydroxylation sites is 4. The molecule has 2 unspecified atom stereocenters. The predicted octanol–water partition coefficient (Wildman–Crippen LogP) is 7.02. The molecule has 2 atom stereocenters. The average Bonchev–Trinajstić information content (AvgIpc) is 2.85. The van der Waals surface area contributed by atoms with Crippen LogP contribution in [0.5, 0.6) is 23.0 Å². The van der Waals surface area contributed by atoms with Gasteiger partial charge in [0.15, 0.2) is 0 Å². The van der Waals surface area contributed by atoms with Crippen LogP contribution in [0.4, 0.5) is 0 Å². The molecule has 10 nitrogen and oxygen atoms in total. The zero-order valence-corrected chi connectivity index (χ0v) is 23.5. The summed E-state index contributed by atoms with van der Waals surface area (Å²) >= 11 is 0. The molecule has 4 aromatic carbocycles. The summed E-state index contributed by atoms with van der Waals surface area (Å²) in [5.41, 5.74) is 0. The van der Waals surface area contributed by atoms with Gasteiger partial charge in [0.05, 0.1) is 0 Å². The second-order valence-electron chi connectivity index (χ2n) is 7.12. The molecule has 0 saturated heterocycles. The van der Waals surface area contributed by atoms with Gasteiger partial charge in [-0.3, -0.25) is 4.57 Å². The van der Waals surface area contributed by atoms with E-state index in [0.29, 0.717) is 0 Å². The quantitative estimate of drug-likeness (QED) is 0.115. The molecule has 0 aliphatic heterocycles. The van der Waals surface area contributed by atoms with Gasteiger partial charge in [-0.2, -0.15) is 8.62 Å². The molecule has 0 heterocycles. The number of benzene rings is 4. The SMILES string of the molecule is O=P([O-])(Oc1ccccc1)OP(=O)(Oc1ccccc1)OP(=O)(Oc1ccccc1)Oc1ccccc1.[Pd]. The van der Waals surface area contributed by atoms with Crippen LogP contribution >= 0.6 is 23.5 Å². The van der Waals surface area contributed by atoms with Crippen LogP contribution in [0, 0.1) is 0 Å². The Labute approximate surface area is 233 Å². The molecule has 4 rings (SSSR count). The van der Waals surface area contributed by atoms with Gasteiger partial charge in [0.25, 0.3) is 0 Å². The Kier molecular flexibility index (Phi) is 10.5. The van der Waals surface area contributed by atoms with Crippen molar-refractivity contribution in [2.75, 3.05) is 0 Å². The van der Waals surface area contributed by atoms with Crippen molar-refractivity contribution in [3.05, 3.63) is 121 Å². The summed E-state index contributed by atoms with van der Waals surface area (Å²) in [6.45, 7) is 0. The topological polar surface area (TPSA) is 130 Å². The molecule has 4 aromatic rings. The number of rotatable bonds is 12. The molecule has 0 saturated carbocycles. The summed E-state index contributed by atoms with van der Waals surface area (Å²) in [6.07, 6.45) is 0. The minimum atomic E-state index is -5.42. The van der Waals surface area contributed by atoms with Crippen LogP contribution in [0.2, 0.25) is 0 Å². The zero-order chi connectivity index (χ0) is 26.2. The van der Waals surface area contributed by atoms with E-state index in [9.17, 15) is 18.6 Å². The fourth-order valence-corrected chi connectivity index (χ4v) is 7.37. The first-order valence-electron chi connectivity index (χ1n) is 10.7. The second kappa shape index (κ2) is 13.4. The van der Waals surface area contributed by atoms with Crippen LogP contribution in [-0.2, 0) is 42.7 Å². The largest absolute Gasteiger partial charge is 0.746 e. The van der Waals surface area contributed by atoms with E-state index >= 15 is 0 Å². The Hall–Kier alpha value is -2.69. The van der Waals surface area contributed by atoms with Crippen molar-refractivity contribution in [3.8, 4) is 23.0 Å². The van der Waals surface area contributed by atoms with Crippen LogP contribution in [0.1, 0.15) is 0 Å². The van der Waals surface area contributed by atoms with Gasteiger partial charge in [0, 0.05) is 20.4 Å². The number of phosphoric ester groups is 2. The molecule has 0 N–H and O–H groups in total. The molecule has 202 valence electrons. The van der Waals surface area contributed by atoms with Gasteiger partial charge >= 0.3 is 23.5 Å². The van der Waals surface area contributed by atoms with Crippen LogP contribution in [-0.4, -0.2) is 0 Å². The molecule has 14 heteroatoms. The zero-order valence-electron chi connectivity index (χ0n) is 19.3. The van der Waals surface area contributed by atoms with E-state index in [1.54, 1.807) is 48.5 Å². The van der Waals surface area contributed by atoms with E-state index in [-0.39, 0.29) is 43.4 Å². The van der Waals surface area contributed by atoms with E-state index in [4.69, 9.17) is 26.7 Å². The van der Waals surface area contributed by atoms with Crippen molar-refractivity contribution in [3.63, 3.8) is 0 Å². The maximum Gasteiger partial charge on any atom is 0.597 e. The standard InChI is InChI=1S/C24H21O10P3.Pd/c25-35(26,29-21-13-5-1-6-14-21)33-37(28,32-24-19-11-4-12-20-24)34-36(27,30-22-15-7-2-8-16-22)31-23-17-9-3-10-18-23;/h1-20H,(H,25,26);/p-1. The first-order chi connectivity index (χ1) is 17.7. The molecule has 0 bridgehead atoms. The molecule has 0 aliphatic rings. The smallest absolute Gasteiger partial charge is 0.597 e. The Morgan fingerprint density at radius 1 is 0.421 bits per heavy atom. The van der Waals surface area contributed by atoms with E-state index in [1.807, 2.05) is 0 Å². The third-order valence-corrected chi connectivity index (χ3v) is 9.18. The molecule has 38 heavy (non-hydrogen) atoms. The monoisotopic (exact) mass is 667 g/mol. The van der Waals surface area contributed by atoms with Gasteiger partial charge in [0.1, 0.15) is 23.0 Å². The van der Waals surface area contributed by atoms with E-state index in [0.717, 1.165) is 0 Å². The van der Waals surface area contributed by atoms with Crippen molar-refractivity contribution >= 4 is 23.5 Å². The fourth-order valence-electron chi connectivity index (χ4n) is 2.80. The van der Waals surface area contributed by atoms with Gasteiger partial charge in [-0.25, -0.2) is 9.13 Å². The van der Waals surface area contributed by atoms with Crippen molar-refractivity contribution < 1.29 is 65.7 Å². The number of phosphoric acid groups is 3. The van der Waals surface area contributed by atoms with Crippen molar-refractivity contribution in [1.82, 2.24) is 0 Å². The summed E-state index contributed by atoms with van der Waals surface area (Å²) in [7, 11) is -15.6. The molecule has 0 radical (unpaired) electrons. The van der Waals surface area contributed by atoms with Crippen molar-refractivity contribution in [1.29, 1.82) is 0 Å². The van der Waals surface area contributed by atoms with E-state index < -0.39 is 23.5 Å². The van der Waals surface area contributed by atoms with Gasteiger partial charge in [-0.15, -0.1) is 0 Å². The number of hydrogen-bond acceptors (Lipinski definition) is 10. The Morgan fingerprint density at radius 3 is 1.05 bits per heavy atom. The minimum absolute atomic E-state index is 0. The third kappa shape index (κ3) is 9.25. The average molecular weight is 668 g/mol. The maximum absolute atomic E-state index is 13.8. The van der Waals surface area contributed by atoms with E-state index in [2.05, 4.69) is 0 Å². The molecule has 0 amide bonds. The Balaban J connectivity index is 0.00000400. The minimum Gasteiger partial charge on any atom is -0.746 e. The van der Waals surface area contributed by atoms with Gasteiger partial charge in [-0.1, -0.05) is 72.8 Å². The van der Waals surface area contributed by atoms with Crippen molar-refractivity contribution in [2.24, 2.45) is 0 Å². The fraction of sp³-hybridized carbons (Fsp3) is 0. The summed E-state index contributed by atoms with van der Waals surface area (Å²) in [5, 5.41) is 0. The van der Waals surface area contributed by atoms with Gasteiger partial charge < -0.3 is 23.0 Å². The first-order valence-corrected chi connectivity index (χ1v) is 15.0. The molecule has 0 aliphatic carbocycles. The first kappa shape index (κ1) is 29.9. The van der Waals surface area contributed by atoms with Crippen LogP contribution in [0.15, 0.2) is 121 Å². The molecular weight excluding hydrogens is 648 g/mol. The molecule has 0 fully saturated rings. The molecule has 0 aromatic heterocycles. The van der Waals surface area contributed by atoms with Crippen molar-refractivity contribution in [2.45, 2.75) is 0 Å². The summed E-state index contributed by atoms with van der Waals surface area (Å²) < 4.78 is 71.1. The predicted molar refractivity (Wildman–Crippen MR) is 133 cm³/mol. The second-order valence-corrected chi connectivity index (χ2v) is 11.8.